The normalized spacial score (nSPS) is 11.5. The quantitative estimate of drug-likeness (QED) is 0.728. The van der Waals surface area contributed by atoms with Crippen LogP contribution in [0.4, 0.5) is 13.2 Å². The molecule has 0 aliphatic heterocycles. The van der Waals surface area contributed by atoms with Gasteiger partial charge in [-0.1, -0.05) is 0 Å². The fraction of sp³-hybridized carbons (Fsp3) is 0.400. The van der Waals surface area contributed by atoms with E-state index in [1.165, 1.54) is 12.3 Å². The Kier molecular flexibility index (Phi) is 3.44. The van der Waals surface area contributed by atoms with Gasteiger partial charge in [-0.3, -0.25) is 9.78 Å². The highest BCUT2D eigenvalue weighted by Gasteiger charge is 2.28. The summed E-state index contributed by atoms with van der Waals surface area (Å²) in [4.78, 5) is 15.0. The molecule has 1 aromatic heterocycles. The maximum absolute atomic E-state index is 11.8. The van der Waals surface area contributed by atoms with Crippen LogP contribution in [0.15, 0.2) is 18.3 Å². The SMILES string of the molecule is Cc1ccnc(C(=O)CCC(F)(F)F)c1. The zero-order valence-electron chi connectivity index (χ0n) is 8.14. The molecule has 0 N–H and O–H groups in total. The molecule has 0 unspecified atom stereocenters. The predicted octanol–water partition coefficient (Wildman–Crippen LogP) is 2.92. The lowest BCUT2D eigenvalue weighted by Gasteiger charge is -2.04. The van der Waals surface area contributed by atoms with Gasteiger partial charge >= 0.3 is 6.18 Å². The molecule has 0 saturated heterocycles. The number of Topliss-reactive ketones (excluding diaryl/α,β-unsaturated/α-hetero) is 1. The van der Waals surface area contributed by atoms with E-state index in [1.54, 1.807) is 13.0 Å². The van der Waals surface area contributed by atoms with Crippen LogP contribution in [0.25, 0.3) is 0 Å². The number of alkyl halides is 3. The molecule has 0 aliphatic carbocycles. The highest BCUT2D eigenvalue weighted by Crippen LogP contribution is 2.22. The Balaban J connectivity index is 2.62. The molecule has 0 aliphatic rings. The van der Waals surface area contributed by atoms with Gasteiger partial charge in [0.25, 0.3) is 0 Å². The van der Waals surface area contributed by atoms with Crippen LogP contribution in [-0.2, 0) is 0 Å². The van der Waals surface area contributed by atoms with Crippen LogP contribution in [0.1, 0.15) is 28.9 Å². The largest absolute Gasteiger partial charge is 0.389 e. The van der Waals surface area contributed by atoms with Crippen molar-refractivity contribution >= 4 is 5.78 Å². The van der Waals surface area contributed by atoms with E-state index in [0.717, 1.165) is 5.56 Å². The summed E-state index contributed by atoms with van der Waals surface area (Å²) in [6.07, 6.45) is -4.52. The molecule has 82 valence electrons. The molecule has 1 rings (SSSR count). The number of hydrogen-bond acceptors (Lipinski definition) is 2. The molecular weight excluding hydrogens is 207 g/mol. The lowest BCUT2D eigenvalue weighted by Crippen LogP contribution is -2.11. The van der Waals surface area contributed by atoms with Crippen LogP contribution in [-0.4, -0.2) is 16.9 Å². The molecule has 0 atom stereocenters. The number of hydrogen-bond donors (Lipinski definition) is 0. The minimum absolute atomic E-state index is 0.0965. The number of aryl methyl sites for hydroxylation is 1. The number of pyridine rings is 1. The molecular formula is C10H10F3NO. The molecule has 15 heavy (non-hydrogen) atoms. The molecule has 0 bridgehead atoms. The van der Waals surface area contributed by atoms with Crippen LogP contribution in [0.3, 0.4) is 0 Å². The van der Waals surface area contributed by atoms with Crippen LogP contribution >= 0.6 is 0 Å². The Hall–Kier alpha value is -1.39. The molecule has 1 heterocycles. The third-order valence-electron chi connectivity index (χ3n) is 1.84. The van der Waals surface area contributed by atoms with Gasteiger partial charge in [-0.25, -0.2) is 0 Å². The Morgan fingerprint density at radius 1 is 1.47 bits per heavy atom. The lowest BCUT2D eigenvalue weighted by atomic mass is 10.1. The minimum Gasteiger partial charge on any atom is -0.292 e. The summed E-state index contributed by atoms with van der Waals surface area (Å²) in [6.45, 7) is 1.75. The van der Waals surface area contributed by atoms with Crippen molar-refractivity contribution in [2.24, 2.45) is 0 Å². The molecule has 0 spiro atoms. The summed E-state index contributed by atoms with van der Waals surface area (Å²) in [6, 6.07) is 3.17. The Bertz CT molecular complexity index is 360. The van der Waals surface area contributed by atoms with Gasteiger partial charge in [-0.05, 0) is 24.6 Å². The van der Waals surface area contributed by atoms with Crippen molar-refractivity contribution in [1.29, 1.82) is 0 Å². The zero-order chi connectivity index (χ0) is 11.5. The van der Waals surface area contributed by atoms with Gasteiger partial charge in [0.15, 0.2) is 5.78 Å². The monoisotopic (exact) mass is 217 g/mol. The van der Waals surface area contributed by atoms with Crippen molar-refractivity contribution < 1.29 is 18.0 Å². The molecule has 2 nitrogen and oxygen atoms in total. The molecule has 0 radical (unpaired) electrons. The molecule has 0 amide bonds. The summed E-state index contributed by atoms with van der Waals surface area (Å²) in [5.41, 5.74) is 0.902. The van der Waals surface area contributed by atoms with Crippen molar-refractivity contribution in [2.45, 2.75) is 25.9 Å². The number of rotatable bonds is 3. The first-order valence-electron chi connectivity index (χ1n) is 4.41. The number of halogens is 3. The third kappa shape index (κ3) is 4.10. The first-order valence-corrected chi connectivity index (χ1v) is 4.41. The molecule has 1 aromatic rings. The first kappa shape index (κ1) is 11.7. The maximum atomic E-state index is 11.8. The lowest BCUT2D eigenvalue weighted by molar-refractivity contribution is -0.133. The smallest absolute Gasteiger partial charge is 0.292 e. The standard InChI is InChI=1S/C10H10F3NO/c1-7-3-5-14-8(6-7)9(15)2-4-10(11,12)13/h3,5-6H,2,4H2,1H3. The molecule has 5 heteroatoms. The fourth-order valence-corrected chi connectivity index (χ4v) is 1.07. The van der Waals surface area contributed by atoms with E-state index in [1.807, 2.05) is 0 Å². The van der Waals surface area contributed by atoms with Gasteiger partial charge in [-0.2, -0.15) is 13.2 Å². The van der Waals surface area contributed by atoms with Crippen molar-refractivity contribution in [1.82, 2.24) is 4.98 Å². The van der Waals surface area contributed by atoms with E-state index in [4.69, 9.17) is 0 Å². The van der Waals surface area contributed by atoms with Crippen molar-refractivity contribution in [3.05, 3.63) is 29.6 Å². The fourth-order valence-electron chi connectivity index (χ4n) is 1.07. The Morgan fingerprint density at radius 3 is 2.67 bits per heavy atom. The molecule has 0 aromatic carbocycles. The Labute approximate surface area is 85.1 Å². The van der Waals surface area contributed by atoms with Crippen LogP contribution in [0.2, 0.25) is 0 Å². The topological polar surface area (TPSA) is 30.0 Å². The van der Waals surface area contributed by atoms with Crippen molar-refractivity contribution in [2.75, 3.05) is 0 Å². The van der Waals surface area contributed by atoms with Gasteiger partial charge in [0, 0.05) is 12.6 Å². The van der Waals surface area contributed by atoms with Gasteiger partial charge < -0.3 is 0 Å². The summed E-state index contributed by atoms with van der Waals surface area (Å²) in [5.74, 6) is -0.573. The van der Waals surface area contributed by atoms with Gasteiger partial charge in [0.1, 0.15) is 5.69 Å². The highest BCUT2D eigenvalue weighted by atomic mass is 19.4. The van der Waals surface area contributed by atoms with Gasteiger partial charge in [-0.15, -0.1) is 0 Å². The maximum Gasteiger partial charge on any atom is 0.389 e. The number of aromatic nitrogens is 1. The van der Waals surface area contributed by atoms with Crippen LogP contribution in [0.5, 0.6) is 0 Å². The van der Waals surface area contributed by atoms with Crippen LogP contribution in [0, 0.1) is 6.92 Å². The first-order chi connectivity index (χ1) is 6.88. The molecule has 0 saturated carbocycles. The molecule has 0 fully saturated rings. The minimum atomic E-state index is -4.29. The average Bonchev–Trinajstić information content (AvgIpc) is 2.13. The second kappa shape index (κ2) is 4.42. The van der Waals surface area contributed by atoms with E-state index in [0.29, 0.717) is 0 Å². The van der Waals surface area contributed by atoms with Gasteiger partial charge in [0.2, 0.25) is 0 Å². The van der Waals surface area contributed by atoms with Gasteiger partial charge in [0.05, 0.1) is 6.42 Å². The van der Waals surface area contributed by atoms with E-state index < -0.39 is 24.8 Å². The average molecular weight is 217 g/mol. The number of carbonyl (C=O) groups is 1. The summed E-state index contributed by atoms with van der Waals surface area (Å²) in [5, 5.41) is 0. The number of carbonyl (C=O) groups excluding carboxylic acids is 1. The van der Waals surface area contributed by atoms with E-state index in [-0.39, 0.29) is 5.69 Å². The number of nitrogens with zero attached hydrogens (tertiary/aromatic N) is 1. The highest BCUT2D eigenvalue weighted by molar-refractivity contribution is 5.94. The van der Waals surface area contributed by atoms with E-state index in [2.05, 4.69) is 4.98 Å². The van der Waals surface area contributed by atoms with E-state index in [9.17, 15) is 18.0 Å². The third-order valence-corrected chi connectivity index (χ3v) is 1.84. The van der Waals surface area contributed by atoms with E-state index >= 15 is 0 Å². The number of ketones is 1. The van der Waals surface area contributed by atoms with Crippen molar-refractivity contribution in [3.63, 3.8) is 0 Å². The summed E-state index contributed by atoms with van der Waals surface area (Å²) >= 11 is 0. The van der Waals surface area contributed by atoms with Crippen LogP contribution < -0.4 is 0 Å². The summed E-state index contributed by atoms with van der Waals surface area (Å²) < 4.78 is 35.5. The summed E-state index contributed by atoms with van der Waals surface area (Å²) in [7, 11) is 0. The second-order valence-corrected chi connectivity index (χ2v) is 3.26. The Morgan fingerprint density at radius 2 is 2.13 bits per heavy atom. The van der Waals surface area contributed by atoms with Crippen molar-refractivity contribution in [3.8, 4) is 0 Å². The predicted molar refractivity (Wildman–Crippen MR) is 48.6 cm³/mol. The zero-order valence-corrected chi connectivity index (χ0v) is 8.14. The second-order valence-electron chi connectivity index (χ2n) is 3.26.